The molecular formula is C14H15NO3. The standard InChI is InChI=1S/C14H15NO3/c1-9(12(16)17)8-15-11-7-5-4-6-10(11)14(2,3)13(15)18/h4-7H,1,8H2,2-3H3,(H,16,17). The molecule has 4 nitrogen and oxygen atoms in total. The van der Waals surface area contributed by atoms with Gasteiger partial charge in [0.2, 0.25) is 5.91 Å². The van der Waals surface area contributed by atoms with E-state index in [1.165, 1.54) is 4.90 Å². The number of para-hydroxylation sites is 1. The first-order chi connectivity index (χ1) is 8.35. The molecule has 1 aromatic carbocycles. The molecule has 94 valence electrons. The lowest BCUT2D eigenvalue weighted by Crippen LogP contribution is -2.38. The number of carbonyl (C=O) groups excluding carboxylic acids is 1. The Morgan fingerprint density at radius 2 is 2.00 bits per heavy atom. The van der Waals surface area contributed by atoms with Crippen LogP contribution in [0.5, 0.6) is 0 Å². The first-order valence-corrected chi connectivity index (χ1v) is 5.68. The van der Waals surface area contributed by atoms with E-state index >= 15 is 0 Å². The average molecular weight is 245 g/mol. The second kappa shape index (κ2) is 3.98. The summed E-state index contributed by atoms with van der Waals surface area (Å²) in [6, 6.07) is 7.45. The summed E-state index contributed by atoms with van der Waals surface area (Å²) in [5.41, 5.74) is 1.09. The van der Waals surface area contributed by atoms with Crippen LogP contribution in [0.3, 0.4) is 0 Å². The van der Waals surface area contributed by atoms with Crippen LogP contribution in [0.1, 0.15) is 19.4 Å². The van der Waals surface area contributed by atoms with Crippen molar-refractivity contribution in [3.8, 4) is 0 Å². The Kier molecular flexibility index (Phi) is 2.73. The molecule has 0 bridgehead atoms. The Morgan fingerprint density at radius 1 is 1.39 bits per heavy atom. The molecule has 0 fully saturated rings. The van der Waals surface area contributed by atoms with E-state index in [9.17, 15) is 9.59 Å². The van der Waals surface area contributed by atoms with Crippen LogP contribution in [0.2, 0.25) is 0 Å². The van der Waals surface area contributed by atoms with Crippen molar-refractivity contribution < 1.29 is 14.7 Å². The Hall–Kier alpha value is -2.10. The summed E-state index contributed by atoms with van der Waals surface area (Å²) in [6.45, 7) is 7.19. The van der Waals surface area contributed by atoms with E-state index in [0.717, 1.165) is 11.3 Å². The fourth-order valence-electron chi connectivity index (χ4n) is 2.21. The SMILES string of the molecule is C=C(CN1C(=O)C(C)(C)c2ccccc21)C(=O)O. The number of amides is 1. The van der Waals surface area contributed by atoms with Crippen molar-refractivity contribution in [2.24, 2.45) is 0 Å². The molecule has 18 heavy (non-hydrogen) atoms. The molecule has 0 spiro atoms. The van der Waals surface area contributed by atoms with Gasteiger partial charge in [0.1, 0.15) is 0 Å². The van der Waals surface area contributed by atoms with Crippen molar-refractivity contribution in [1.29, 1.82) is 0 Å². The summed E-state index contributed by atoms with van der Waals surface area (Å²) in [6.07, 6.45) is 0. The number of carbonyl (C=O) groups is 2. The first kappa shape index (κ1) is 12.4. The third-order valence-electron chi connectivity index (χ3n) is 3.30. The third kappa shape index (κ3) is 1.70. The lowest BCUT2D eigenvalue weighted by molar-refractivity contribution is -0.132. The number of carboxylic acids is 1. The van der Waals surface area contributed by atoms with Crippen molar-refractivity contribution in [1.82, 2.24) is 0 Å². The summed E-state index contributed by atoms with van der Waals surface area (Å²) in [7, 11) is 0. The highest BCUT2D eigenvalue weighted by molar-refractivity contribution is 6.08. The summed E-state index contributed by atoms with van der Waals surface area (Å²) in [4.78, 5) is 24.7. The monoisotopic (exact) mass is 245 g/mol. The molecule has 4 heteroatoms. The summed E-state index contributed by atoms with van der Waals surface area (Å²) in [5.74, 6) is -1.17. The lowest BCUT2D eigenvalue weighted by atomic mass is 9.86. The van der Waals surface area contributed by atoms with Crippen LogP contribution in [0.25, 0.3) is 0 Å². The van der Waals surface area contributed by atoms with Crippen LogP contribution >= 0.6 is 0 Å². The van der Waals surface area contributed by atoms with Gasteiger partial charge in [0.25, 0.3) is 0 Å². The highest BCUT2D eigenvalue weighted by Crippen LogP contribution is 2.41. The maximum atomic E-state index is 12.3. The van der Waals surface area contributed by atoms with E-state index in [-0.39, 0.29) is 18.0 Å². The van der Waals surface area contributed by atoms with Gasteiger partial charge in [-0.3, -0.25) is 4.79 Å². The van der Waals surface area contributed by atoms with Crippen LogP contribution < -0.4 is 4.90 Å². The molecule has 0 saturated carbocycles. The van der Waals surface area contributed by atoms with Gasteiger partial charge >= 0.3 is 5.97 Å². The second-order valence-corrected chi connectivity index (χ2v) is 4.94. The lowest BCUT2D eigenvalue weighted by Gasteiger charge is -2.20. The van der Waals surface area contributed by atoms with Crippen molar-refractivity contribution >= 4 is 17.6 Å². The molecule has 0 unspecified atom stereocenters. The Morgan fingerprint density at radius 3 is 2.61 bits per heavy atom. The number of hydrogen-bond acceptors (Lipinski definition) is 2. The number of anilines is 1. The molecule has 1 N–H and O–H groups in total. The summed E-state index contributed by atoms with van der Waals surface area (Å²) >= 11 is 0. The van der Waals surface area contributed by atoms with Gasteiger partial charge in [-0.1, -0.05) is 24.8 Å². The number of fused-ring (bicyclic) bond motifs is 1. The molecule has 1 aromatic rings. The predicted molar refractivity (Wildman–Crippen MR) is 68.6 cm³/mol. The van der Waals surface area contributed by atoms with Crippen molar-refractivity contribution in [3.63, 3.8) is 0 Å². The summed E-state index contributed by atoms with van der Waals surface area (Å²) < 4.78 is 0. The first-order valence-electron chi connectivity index (χ1n) is 5.68. The maximum absolute atomic E-state index is 12.3. The van der Waals surface area contributed by atoms with E-state index in [0.29, 0.717) is 0 Å². The fraction of sp³-hybridized carbons (Fsp3) is 0.286. The van der Waals surface area contributed by atoms with Gasteiger partial charge in [0.05, 0.1) is 12.0 Å². The van der Waals surface area contributed by atoms with Gasteiger partial charge in [-0.25, -0.2) is 4.79 Å². The Balaban J connectivity index is 2.42. The van der Waals surface area contributed by atoms with Gasteiger partial charge in [-0.2, -0.15) is 0 Å². The highest BCUT2D eigenvalue weighted by Gasteiger charge is 2.43. The number of rotatable bonds is 3. The van der Waals surface area contributed by atoms with Crippen molar-refractivity contribution in [3.05, 3.63) is 42.0 Å². The number of nitrogens with zero attached hydrogens (tertiary/aromatic N) is 1. The van der Waals surface area contributed by atoms with Crippen molar-refractivity contribution in [2.75, 3.05) is 11.4 Å². The van der Waals surface area contributed by atoms with E-state index in [4.69, 9.17) is 5.11 Å². The number of benzene rings is 1. The minimum Gasteiger partial charge on any atom is -0.478 e. The minimum absolute atomic E-state index is 0.0100. The Labute approximate surface area is 106 Å². The van der Waals surface area contributed by atoms with E-state index in [1.54, 1.807) is 0 Å². The predicted octanol–water partition coefficient (Wildman–Crippen LogP) is 1.95. The molecule has 1 aliphatic heterocycles. The normalized spacial score (nSPS) is 16.6. The third-order valence-corrected chi connectivity index (χ3v) is 3.30. The van der Waals surface area contributed by atoms with Crippen LogP contribution in [0, 0.1) is 0 Å². The zero-order valence-corrected chi connectivity index (χ0v) is 10.4. The molecule has 0 radical (unpaired) electrons. The molecule has 0 aromatic heterocycles. The molecule has 2 rings (SSSR count). The molecule has 1 aliphatic rings. The zero-order valence-electron chi connectivity index (χ0n) is 10.4. The van der Waals surface area contributed by atoms with E-state index < -0.39 is 11.4 Å². The number of hydrogen-bond donors (Lipinski definition) is 1. The number of carboxylic acid groups (broad SMARTS) is 1. The zero-order chi connectivity index (χ0) is 13.5. The molecule has 0 aliphatic carbocycles. The van der Waals surface area contributed by atoms with E-state index in [2.05, 4.69) is 6.58 Å². The van der Waals surface area contributed by atoms with Crippen LogP contribution in [0.4, 0.5) is 5.69 Å². The van der Waals surface area contributed by atoms with Gasteiger partial charge in [0, 0.05) is 11.3 Å². The van der Waals surface area contributed by atoms with Crippen LogP contribution in [-0.2, 0) is 15.0 Å². The summed E-state index contributed by atoms with van der Waals surface area (Å²) in [5, 5.41) is 8.87. The molecular weight excluding hydrogens is 230 g/mol. The molecule has 1 amide bonds. The fourth-order valence-corrected chi connectivity index (χ4v) is 2.21. The van der Waals surface area contributed by atoms with Crippen LogP contribution in [0.15, 0.2) is 36.4 Å². The molecule has 0 atom stereocenters. The van der Waals surface area contributed by atoms with Gasteiger partial charge in [-0.05, 0) is 25.5 Å². The molecule has 0 saturated heterocycles. The number of aliphatic carboxylic acids is 1. The molecule has 1 heterocycles. The van der Waals surface area contributed by atoms with E-state index in [1.807, 2.05) is 38.1 Å². The Bertz CT molecular complexity index is 546. The van der Waals surface area contributed by atoms with Gasteiger partial charge in [0.15, 0.2) is 0 Å². The second-order valence-electron chi connectivity index (χ2n) is 4.94. The van der Waals surface area contributed by atoms with Gasteiger partial charge in [-0.15, -0.1) is 0 Å². The van der Waals surface area contributed by atoms with Gasteiger partial charge < -0.3 is 10.0 Å². The quantitative estimate of drug-likeness (QED) is 0.828. The average Bonchev–Trinajstić information content (AvgIpc) is 2.51. The van der Waals surface area contributed by atoms with Crippen molar-refractivity contribution in [2.45, 2.75) is 19.3 Å². The topological polar surface area (TPSA) is 57.6 Å². The minimum atomic E-state index is -1.08. The van der Waals surface area contributed by atoms with Crippen LogP contribution in [-0.4, -0.2) is 23.5 Å². The smallest absolute Gasteiger partial charge is 0.332 e. The largest absolute Gasteiger partial charge is 0.478 e. The maximum Gasteiger partial charge on any atom is 0.332 e. The highest BCUT2D eigenvalue weighted by atomic mass is 16.4.